The van der Waals surface area contributed by atoms with E-state index in [0.717, 1.165) is 0 Å². The number of amides is 1. The number of pyridine rings is 1. The number of halogens is 1. The van der Waals surface area contributed by atoms with Crippen molar-refractivity contribution in [3.05, 3.63) is 53.3 Å². The van der Waals surface area contributed by atoms with Crippen LogP contribution in [-0.2, 0) is 10.0 Å². The van der Waals surface area contributed by atoms with E-state index < -0.39 is 15.9 Å². The van der Waals surface area contributed by atoms with Crippen LogP contribution >= 0.6 is 11.6 Å². The van der Waals surface area contributed by atoms with E-state index in [2.05, 4.69) is 4.98 Å². The van der Waals surface area contributed by atoms with Gasteiger partial charge in [-0.15, -0.1) is 0 Å². The molecular formula is C13H11ClN2O4S. The normalized spacial score (nSPS) is 11.0. The number of hydrogen-bond acceptors (Lipinski definition) is 5. The number of benzene rings is 1. The van der Waals surface area contributed by atoms with Gasteiger partial charge in [0.2, 0.25) is 0 Å². The highest BCUT2D eigenvalue weighted by Crippen LogP contribution is 2.16. The van der Waals surface area contributed by atoms with Crippen molar-refractivity contribution in [1.29, 1.82) is 0 Å². The number of sulfonamides is 1. The van der Waals surface area contributed by atoms with Crippen LogP contribution in [0.1, 0.15) is 10.4 Å². The van der Waals surface area contributed by atoms with Crippen molar-refractivity contribution in [3.63, 3.8) is 0 Å². The second kappa shape index (κ2) is 6.11. The summed E-state index contributed by atoms with van der Waals surface area (Å²) in [6.07, 6.45) is 1.32. The molecule has 0 atom stereocenters. The maximum atomic E-state index is 12.1. The maximum absolute atomic E-state index is 12.1. The Kier molecular flexibility index (Phi) is 4.44. The number of carbonyl (C=O) groups excluding carboxylic acids is 1. The number of aromatic nitrogens is 1. The molecule has 0 fully saturated rings. The fourth-order valence-electron chi connectivity index (χ4n) is 1.54. The van der Waals surface area contributed by atoms with Gasteiger partial charge in [-0.3, -0.25) is 4.79 Å². The summed E-state index contributed by atoms with van der Waals surface area (Å²) in [6.45, 7) is 0. The summed E-state index contributed by atoms with van der Waals surface area (Å²) in [5.41, 5.74) is 0.104. The standard InChI is InChI=1S/C13H11ClN2O4S/c1-20-10-2-4-11(5-3-10)21(18,19)16-13(17)9-6-7-15-12(14)8-9/h2-8H,1H3,(H,16,17). The van der Waals surface area contributed by atoms with E-state index in [1.807, 2.05) is 4.72 Å². The Bertz CT molecular complexity index is 760. The van der Waals surface area contributed by atoms with Gasteiger partial charge in [-0.25, -0.2) is 18.1 Å². The van der Waals surface area contributed by atoms with Crippen molar-refractivity contribution in [2.75, 3.05) is 7.11 Å². The number of nitrogens with one attached hydrogen (secondary N) is 1. The molecule has 1 amide bonds. The molecule has 0 radical (unpaired) electrons. The second-order valence-corrected chi connectivity index (χ2v) is 6.05. The van der Waals surface area contributed by atoms with Gasteiger partial charge < -0.3 is 4.74 Å². The first-order valence-corrected chi connectivity index (χ1v) is 7.61. The minimum Gasteiger partial charge on any atom is -0.497 e. The molecule has 110 valence electrons. The molecule has 0 aliphatic heterocycles. The van der Waals surface area contributed by atoms with Crippen LogP contribution in [0.3, 0.4) is 0 Å². The van der Waals surface area contributed by atoms with Crippen LogP contribution in [0.5, 0.6) is 5.75 Å². The van der Waals surface area contributed by atoms with Crippen LogP contribution in [0.15, 0.2) is 47.5 Å². The smallest absolute Gasteiger partial charge is 0.265 e. The highest BCUT2D eigenvalue weighted by atomic mass is 35.5. The number of nitrogens with zero attached hydrogens (tertiary/aromatic N) is 1. The fraction of sp³-hybridized carbons (Fsp3) is 0.0769. The summed E-state index contributed by atoms with van der Waals surface area (Å²) in [4.78, 5) is 15.6. The van der Waals surface area contributed by atoms with Crippen LogP contribution in [-0.4, -0.2) is 26.4 Å². The Hall–Kier alpha value is -2.12. The zero-order valence-corrected chi connectivity index (χ0v) is 12.5. The molecule has 0 aliphatic carbocycles. The SMILES string of the molecule is COc1ccc(S(=O)(=O)NC(=O)c2ccnc(Cl)c2)cc1. The first-order valence-electron chi connectivity index (χ1n) is 5.75. The maximum Gasteiger partial charge on any atom is 0.265 e. The van der Waals surface area contributed by atoms with Crippen molar-refractivity contribution in [2.45, 2.75) is 4.90 Å². The third kappa shape index (κ3) is 3.71. The molecule has 6 nitrogen and oxygen atoms in total. The van der Waals surface area contributed by atoms with Gasteiger partial charge in [0.15, 0.2) is 0 Å². The van der Waals surface area contributed by atoms with E-state index in [-0.39, 0.29) is 15.6 Å². The summed E-state index contributed by atoms with van der Waals surface area (Å²) >= 11 is 5.66. The predicted molar refractivity (Wildman–Crippen MR) is 76.9 cm³/mol. The largest absolute Gasteiger partial charge is 0.497 e. The van der Waals surface area contributed by atoms with Crippen LogP contribution in [0, 0.1) is 0 Å². The van der Waals surface area contributed by atoms with E-state index in [1.54, 1.807) is 0 Å². The first-order chi connectivity index (χ1) is 9.92. The average molecular weight is 327 g/mol. The molecule has 2 aromatic rings. The molecule has 0 saturated carbocycles. The summed E-state index contributed by atoms with van der Waals surface area (Å²) < 4.78 is 31.1. The molecule has 0 aliphatic rings. The lowest BCUT2D eigenvalue weighted by molar-refractivity contribution is 0.0981. The van der Waals surface area contributed by atoms with Gasteiger partial charge in [0, 0.05) is 11.8 Å². The predicted octanol–water partition coefficient (Wildman–Crippen LogP) is 1.86. The lowest BCUT2D eigenvalue weighted by Gasteiger charge is -2.07. The van der Waals surface area contributed by atoms with Crippen LogP contribution in [0.4, 0.5) is 0 Å². The van der Waals surface area contributed by atoms with E-state index in [0.29, 0.717) is 5.75 Å². The van der Waals surface area contributed by atoms with Gasteiger partial charge in [-0.1, -0.05) is 11.6 Å². The van der Waals surface area contributed by atoms with Gasteiger partial charge in [-0.2, -0.15) is 0 Å². The molecule has 2 rings (SSSR count). The highest BCUT2D eigenvalue weighted by molar-refractivity contribution is 7.90. The molecule has 0 saturated heterocycles. The van der Waals surface area contributed by atoms with Gasteiger partial charge in [0.25, 0.3) is 15.9 Å². The van der Waals surface area contributed by atoms with Crippen molar-refractivity contribution in [3.8, 4) is 5.75 Å². The van der Waals surface area contributed by atoms with Gasteiger partial charge in [-0.05, 0) is 36.4 Å². The number of ether oxygens (including phenoxy) is 1. The van der Waals surface area contributed by atoms with E-state index in [1.165, 1.54) is 49.7 Å². The molecule has 21 heavy (non-hydrogen) atoms. The average Bonchev–Trinajstić information content (AvgIpc) is 2.47. The van der Waals surface area contributed by atoms with Gasteiger partial charge in [0.1, 0.15) is 10.9 Å². The van der Waals surface area contributed by atoms with Crippen molar-refractivity contribution >= 4 is 27.5 Å². The Labute approximate surface area is 126 Å². The third-order valence-electron chi connectivity index (χ3n) is 2.59. The molecule has 1 aromatic carbocycles. The molecule has 0 unspecified atom stereocenters. The molecule has 0 spiro atoms. The van der Waals surface area contributed by atoms with Crippen molar-refractivity contribution in [2.24, 2.45) is 0 Å². The van der Waals surface area contributed by atoms with E-state index >= 15 is 0 Å². The number of hydrogen-bond donors (Lipinski definition) is 1. The molecule has 8 heteroatoms. The Morgan fingerprint density at radius 1 is 1.24 bits per heavy atom. The van der Waals surface area contributed by atoms with E-state index in [9.17, 15) is 13.2 Å². The molecule has 1 N–H and O–H groups in total. The molecule has 1 heterocycles. The lowest BCUT2D eigenvalue weighted by atomic mass is 10.3. The number of methoxy groups -OCH3 is 1. The Morgan fingerprint density at radius 2 is 1.90 bits per heavy atom. The summed E-state index contributed by atoms with van der Waals surface area (Å²) in [7, 11) is -2.49. The molecule has 0 bridgehead atoms. The van der Waals surface area contributed by atoms with Gasteiger partial charge >= 0.3 is 0 Å². The van der Waals surface area contributed by atoms with E-state index in [4.69, 9.17) is 16.3 Å². The second-order valence-electron chi connectivity index (χ2n) is 3.98. The molecular weight excluding hydrogens is 316 g/mol. The van der Waals surface area contributed by atoms with Crippen LogP contribution in [0.25, 0.3) is 0 Å². The Balaban J connectivity index is 2.22. The minimum absolute atomic E-state index is 0.0446. The zero-order chi connectivity index (χ0) is 15.5. The monoisotopic (exact) mass is 326 g/mol. The number of rotatable bonds is 4. The van der Waals surface area contributed by atoms with Crippen molar-refractivity contribution in [1.82, 2.24) is 9.71 Å². The van der Waals surface area contributed by atoms with Crippen LogP contribution < -0.4 is 9.46 Å². The lowest BCUT2D eigenvalue weighted by Crippen LogP contribution is -2.30. The highest BCUT2D eigenvalue weighted by Gasteiger charge is 2.19. The quantitative estimate of drug-likeness (QED) is 0.867. The zero-order valence-electron chi connectivity index (χ0n) is 10.9. The Morgan fingerprint density at radius 3 is 2.48 bits per heavy atom. The molecule has 1 aromatic heterocycles. The fourth-order valence-corrected chi connectivity index (χ4v) is 2.69. The summed E-state index contributed by atoms with van der Waals surface area (Å²) in [5, 5.41) is 0.101. The first kappa shape index (κ1) is 15.3. The van der Waals surface area contributed by atoms with Gasteiger partial charge in [0.05, 0.1) is 12.0 Å². The minimum atomic E-state index is -3.96. The van der Waals surface area contributed by atoms with Crippen LogP contribution in [0.2, 0.25) is 5.15 Å². The van der Waals surface area contributed by atoms with Crippen molar-refractivity contribution < 1.29 is 17.9 Å². The summed E-state index contributed by atoms with van der Waals surface area (Å²) in [5.74, 6) is -0.267. The topological polar surface area (TPSA) is 85.4 Å². The summed E-state index contributed by atoms with van der Waals surface area (Å²) in [6, 6.07) is 8.30. The third-order valence-corrected chi connectivity index (χ3v) is 4.14. The number of carbonyl (C=O) groups is 1.